The molecule has 9 heteroatoms. The van der Waals surface area contributed by atoms with Gasteiger partial charge in [0.2, 0.25) is 0 Å². The molecule has 0 atom stereocenters. The summed E-state index contributed by atoms with van der Waals surface area (Å²) < 4.78 is 7.63. The van der Waals surface area contributed by atoms with Crippen molar-refractivity contribution in [2.24, 2.45) is 0 Å². The monoisotopic (exact) mass is 315 g/mol. The average molecular weight is 315 g/mol. The van der Waals surface area contributed by atoms with E-state index < -0.39 is 10.8 Å². The molecule has 8 nitrogen and oxygen atoms in total. The third-order valence-electron chi connectivity index (χ3n) is 2.97. The molecule has 1 N–H and O–H groups in total. The summed E-state index contributed by atoms with van der Waals surface area (Å²) >= 11 is 0.929. The topological polar surface area (TPSA) is 111 Å². The van der Waals surface area contributed by atoms with Gasteiger partial charge in [-0.25, -0.2) is 0 Å². The molecule has 3 rings (SSSR count). The molecule has 0 unspecified atom stereocenters. The molecule has 1 amide bonds. The fourth-order valence-corrected chi connectivity index (χ4v) is 2.43. The van der Waals surface area contributed by atoms with Crippen molar-refractivity contribution >= 4 is 39.9 Å². The van der Waals surface area contributed by atoms with E-state index in [0.29, 0.717) is 22.3 Å². The van der Waals surface area contributed by atoms with Gasteiger partial charge in [0.05, 0.1) is 34.1 Å². The lowest BCUT2D eigenvalue weighted by Gasteiger charge is -2.08. The molecule has 1 aromatic carbocycles. The molecule has 110 valence electrons. The zero-order valence-electron chi connectivity index (χ0n) is 11.3. The van der Waals surface area contributed by atoms with Crippen LogP contribution in [0.3, 0.4) is 0 Å². The molecule has 0 fully saturated rings. The number of amides is 1. The van der Waals surface area contributed by atoms with Crippen LogP contribution in [0, 0.1) is 17.0 Å². The molecule has 0 bridgehead atoms. The number of rotatable bonds is 3. The van der Waals surface area contributed by atoms with Crippen LogP contribution in [-0.2, 0) is 0 Å². The number of hydrogen-bond acceptors (Lipinski definition) is 7. The SMILES string of the molecule is Cc1cc(NC(=O)c2cnsn2)c2cc([N+](=O)[O-])ccc2n1. The lowest BCUT2D eigenvalue weighted by atomic mass is 10.1. The Balaban J connectivity index is 2.08. The molecule has 0 aliphatic carbocycles. The van der Waals surface area contributed by atoms with Crippen LogP contribution in [0.5, 0.6) is 0 Å². The molecule has 22 heavy (non-hydrogen) atoms. The average Bonchev–Trinajstić information content (AvgIpc) is 3.00. The number of pyridine rings is 1. The molecule has 0 radical (unpaired) electrons. The Kier molecular flexibility index (Phi) is 3.47. The Morgan fingerprint density at radius 2 is 2.18 bits per heavy atom. The minimum atomic E-state index is -0.491. The number of nitro groups is 1. The number of nitrogens with one attached hydrogen (secondary N) is 1. The highest BCUT2D eigenvalue weighted by Crippen LogP contribution is 2.27. The molecular formula is C13H9N5O3S. The van der Waals surface area contributed by atoms with Crippen molar-refractivity contribution in [2.75, 3.05) is 5.32 Å². The Labute approximate surface area is 128 Å². The largest absolute Gasteiger partial charge is 0.320 e. The smallest absolute Gasteiger partial charge is 0.277 e. The van der Waals surface area contributed by atoms with Crippen molar-refractivity contribution in [3.63, 3.8) is 0 Å². The predicted octanol–water partition coefficient (Wildman–Crippen LogP) is 2.56. The number of non-ortho nitro benzene ring substituents is 1. The quantitative estimate of drug-likeness (QED) is 0.587. The fourth-order valence-electron chi connectivity index (χ4n) is 2.01. The van der Waals surface area contributed by atoms with E-state index in [0.717, 1.165) is 11.7 Å². The lowest BCUT2D eigenvalue weighted by Crippen LogP contribution is -2.12. The Bertz CT molecular complexity index is 879. The van der Waals surface area contributed by atoms with E-state index in [1.54, 1.807) is 19.1 Å². The van der Waals surface area contributed by atoms with Crippen molar-refractivity contribution in [3.8, 4) is 0 Å². The first-order valence-corrected chi connectivity index (χ1v) is 6.92. The van der Waals surface area contributed by atoms with Crippen LogP contribution >= 0.6 is 11.7 Å². The molecule has 0 spiro atoms. The summed E-state index contributed by atoms with van der Waals surface area (Å²) in [6, 6.07) is 5.98. The van der Waals surface area contributed by atoms with Gasteiger partial charge in [0.25, 0.3) is 11.6 Å². The minimum Gasteiger partial charge on any atom is -0.320 e. The summed E-state index contributed by atoms with van der Waals surface area (Å²) in [6.07, 6.45) is 1.36. The van der Waals surface area contributed by atoms with Gasteiger partial charge in [-0.15, -0.1) is 0 Å². The van der Waals surface area contributed by atoms with Crippen molar-refractivity contribution in [2.45, 2.75) is 6.92 Å². The summed E-state index contributed by atoms with van der Waals surface area (Å²) in [5, 5.41) is 14.1. The number of aryl methyl sites for hydroxylation is 1. The zero-order chi connectivity index (χ0) is 15.7. The number of anilines is 1. The van der Waals surface area contributed by atoms with Crippen LogP contribution in [-0.4, -0.2) is 24.6 Å². The van der Waals surface area contributed by atoms with Gasteiger partial charge in [-0.05, 0) is 19.1 Å². The molecule has 3 aromatic rings. The molecular weight excluding hydrogens is 306 g/mol. The van der Waals surface area contributed by atoms with Crippen molar-refractivity contribution in [3.05, 3.63) is 52.0 Å². The molecule has 2 heterocycles. The molecule has 0 saturated heterocycles. The maximum atomic E-state index is 12.1. The second-order valence-electron chi connectivity index (χ2n) is 4.52. The van der Waals surface area contributed by atoms with Gasteiger partial charge in [0.1, 0.15) is 0 Å². The van der Waals surface area contributed by atoms with Gasteiger partial charge in [-0.1, -0.05) is 0 Å². The first kappa shape index (κ1) is 14.0. The zero-order valence-corrected chi connectivity index (χ0v) is 12.1. The van der Waals surface area contributed by atoms with E-state index in [-0.39, 0.29) is 11.4 Å². The van der Waals surface area contributed by atoms with E-state index in [4.69, 9.17) is 0 Å². The number of benzene rings is 1. The molecule has 0 aliphatic heterocycles. The summed E-state index contributed by atoms with van der Waals surface area (Å²) in [6.45, 7) is 1.78. The summed E-state index contributed by atoms with van der Waals surface area (Å²) in [5.74, 6) is -0.424. The van der Waals surface area contributed by atoms with Gasteiger partial charge in [-0.3, -0.25) is 19.9 Å². The number of carbonyl (C=O) groups is 1. The number of fused-ring (bicyclic) bond motifs is 1. The lowest BCUT2D eigenvalue weighted by molar-refractivity contribution is -0.384. The van der Waals surface area contributed by atoms with Crippen LogP contribution in [0.4, 0.5) is 11.4 Å². The number of nitro benzene ring substituents is 1. The number of nitrogens with zero attached hydrogens (tertiary/aromatic N) is 4. The highest BCUT2D eigenvalue weighted by molar-refractivity contribution is 6.99. The standard InChI is InChI=1S/C13H9N5O3S/c1-7-4-11(16-13(19)12-6-14-22-17-12)9-5-8(18(20)21)2-3-10(9)15-7/h2-6H,1H3,(H,15,16,19). The van der Waals surface area contributed by atoms with Crippen molar-refractivity contribution in [1.29, 1.82) is 0 Å². The third kappa shape index (κ3) is 2.61. The Hall–Kier alpha value is -2.94. The highest BCUT2D eigenvalue weighted by Gasteiger charge is 2.14. The number of aromatic nitrogens is 3. The van der Waals surface area contributed by atoms with Crippen LogP contribution in [0.1, 0.15) is 16.2 Å². The minimum absolute atomic E-state index is 0.0658. The van der Waals surface area contributed by atoms with Crippen LogP contribution < -0.4 is 5.32 Å². The molecule has 0 saturated carbocycles. The predicted molar refractivity (Wildman–Crippen MR) is 81.0 cm³/mol. The van der Waals surface area contributed by atoms with Gasteiger partial charge < -0.3 is 5.32 Å². The second kappa shape index (κ2) is 5.45. The summed E-state index contributed by atoms with van der Waals surface area (Å²) in [7, 11) is 0. The number of hydrogen-bond donors (Lipinski definition) is 1. The Morgan fingerprint density at radius 1 is 1.36 bits per heavy atom. The van der Waals surface area contributed by atoms with E-state index >= 15 is 0 Å². The third-order valence-corrected chi connectivity index (χ3v) is 3.45. The van der Waals surface area contributed by atoms with Gasteiger partial charge in [0, 0.05) is 23.2 Å². The van der Waals surface area contributed by atoms with Crippen molar-refractivity contribution < 1.29 is 9.72 Å². The van der Waals surface area contributed by atoms with E-state index in [9.17, 15) is 14.9 Å². The number of carbonyl (C=O) groups excluding carboxylic acids is 1. The van der Waals surface area contributed by atoms with Gasteiger partial charge in [-0.2, -0.15) is 8.75 Å². The maximum absolute atomic E-state index is 12.1. The van der Waals surface area contributed by atoms with Crippen LogP contribution in [0.2, 0.25) is 0 Å². The molecule has 0 aliphatic rings. The van der Waals surface area contributed by atoms with Crippen LogP contribution in [0.15, 0.2) is 30.5 Å². The maximum Gasteiger partial charge on any atom is 0.277 e. The van der Waals surface area contributed by atoms with E-state index in [1.165, 1.54) is 18.3 Å². The summed E-state index contributed by atoms with van der Waals surface area (Å²) in [4.78, 5) is 26.8. The highest BCUT2D eigenvalue weighted by atomic mass is 32.1. The van der Waals surface area contributed by atoms with Gasteiger partial charge >= 0.3 is 0 Å². The first-order valence-electron chi connectivity index (χ1n) is 6.19. The van der Waals surface area contributed by atoms with Crippen LogP contribution in [0.25, 0.3) is 10.9 Å². The fraction of sp³-hybridized carbons (Fsp3) is 0.0769. The van der Waals surface area contributed by atoms with Crippen molar-refractivity contribution in [1.82, 2.24) is 13.7 Å². The molecule has 2 aromatic heterocycles. The first-order chi connectivity index (χ1) is 10.5. The van der Waals surface area contributed by atoms with E-state index in [2.05, 4.69) is 19.0 Å². The summed E-state index contributed by atoms with van der Waals surface area (Å²) in [5.41, 5.74) is 1.83. The second-order valence-corrected chi connectivity index (χ2v) is 5.07. The Morgan fingerprint density at radius 3 is 2.86 bits per heavy atom. The van der Waals surface area contributed by atoms with E-state index in [1.807, 2.05) is 0 Å². The van der Waals surface area contributed by atoms with Gasteiger partial charge in [0.15, 0.2) is 5.69 Å². The normalized spacial score (nSPS) is 10.6.